The molecule has 0 saturated heterocycles. The molecule has 1 rings (SSSR count). The van der Waals surface area contributed by atoms with Gasteiger partial charge in [-0.05, 0) is 76.3 Å². The number of hydrogen-bond donors (Lipinski definition) is 0. The molecule has 0 bridgehead atoms. The molecule has 0 aliphatic heterocycles. The lowest BCUT2D eigenvalue weighted by molar-refractivity contribution is -0.229. The van der Waals surface area contributed by atoms with Crippen LogP contribution in [0.5, 0.6) is 0 Å². The molecule has 3 heteroatoms. The second kappa shape index (κ2) is 5.53. The lowest BCUT2D eigenvalue weighted by atomic mass is 9.90. The Morgan fingerprint density at radius 3 is 1.50 bits per heavy atom. The van der Waals surface area contributed by atoms with Crippen molar-refractivity contribution in [2.45, 2.75) is 48.5 Å². The third kappa shape index (κ3) is 2.72. The highest BCUT2D eigenvalue weighted by atomic mass is 17.2. The van der Waals surface area contributed by atoms with Gasteiger partial charge in [-0.25, -0.2) is 4.79 Å². The zero-order valence-corrected chi connectivity index (χ0v) is 12.2. The summed E-state index contributed by atoms with van der Waals surface area (Å²) in [5.41, 5.74) is 6.00. The summed E-state index contributed by atoms with van der Waals surface area (Å²) in [6.07, 6.45) is 0.596. The van der Waals surface area contributed by atoms with E-state index in [-0.39, 0.29) is 0 Å². The van der Waals surface area contributed by atoms with Crippen molar-refractivity contribution in [2.75, 3.05) is 0 Å². The van der Waals surface area contributed by atoms with Gasteiger partial charge in [-0.3, -0.25) is 4.89 Å². The number of carbonyl (C=O) groups excluding carboxylic acids is 1. The Bertz CT molecular complexity index is 444. The highest BCUT2D eigenvalue weighted by molar-refractivity contribution is 5.93. The van der Waals surface area contributed by atoms with E-state index in [2.05, 4.69) is 6.92 Å². The van der Waals surface area contributed by atoms with Crippen LogP contribution in [-0.2, 0) is 9.78 Å². The first kappa shape index (κ1) is 14.7. The third-order valence-electron chi connectivity index (χ3n) is 3.49. The van der Waals surface area contributed by atoms with E-state index >= 15 is 0 Å². The molecular formula is C15H21O3. The van der Waals surface area contributed by atoms with E-state index in [1.807, 2.05) is 27.7 Å². The number of hydrogen-bond acceptors (Lipinski definition) is 3. The van der Waals surface area contributed by atoms with Crippen LogP contribution in [0, 0.1) is 40.7 Å². The van der Waals surface area contributed by atoms with Gasteiger partial charge in [-0.15, -0.1) is 0 Å². The summed E-state index contributed by atoms with van der Waals surface area (Å²) in [6, 6.07) is 0. The van der Waals surface area contributed by atoms with Crippen molar-refractivity contribution < 1.29 is 14.6 Å². The van der Waals surface area contributed by atoms with Crippen LogP contribution in [0.15, 0.2) is 0 Å². The van der Waals surface area contributed by atoms with E-state index in [4.69, 9.17) is 9.78 Å². The number of benzene rings is 1. The molecule has 0 saturated carbocycles. The molecule has 3 nitrogen and oxygen atoms in total. The summed E-state index contributed by atoms with van der Waals surface area (Å²) in [4.78, 5) is 21.7. The van der Waals surface area contributed by atoms with Gasteiger partial charge in [0.1, 0.15) is 6.10 Å². The lowest BCUT2D eigenvalue weighted by Crippen LogP contribution is -2.13. The standard InChI is InChI=1S/C15H21O3/c1-8(2)17-18-15(16)14-12(6)10(4)9(3)11(5)13(14)7/h1-7H3. The average molecular weight is 249 g/mol. The van der Waals surface area contributed by atoms with Gasteiger partial charge < -0.3 is 0 Å². The molecule has 99 valence electrons. The van der Waals surface area contributed by atoms with E-state index in [0.29, 0.717) is 11.7 Å². The summed E-state index contributed by atoms with van der Waals surface area (Å²) >= 11 is 0. The first-order valence-corrected chi connectivity index (χ1v) is 6.03. The first-order chi connectivity index (χ1) is 8.27. The predicted octanol–water partition coefficient (Wildman–Crippen LogP) is 3.89. The molecular weight excluding hydrogens is 228 g/mol. The zero-order chi connectivity index (χ0) is 14.0. The van der Waals surface area contributed by atoms with Gasteiger partial charge in [-0.2, -0.15) is 4.89 Å². The second-order valence-electron chi connectivity index (χ2n) is 4.86. The topological polar surface area (TPSA) is 35.5 Å². The molecule has 0 aromatic heterocycles. The van der Waals surface area contributed by atoms with Gasteiger partial charge in [0, 0.05) is 0 Å². The van der Waals surface area contributed by atoms with Gasteiger partial charge in [-0.1, -0.05) is 0 Å². The predicted molar refractivity (Wildman–Crippen MR) is 71.2 cm³/mol. The summed E-state index contributed by atoms with van der Waals surface area (Å²) in [5.74, 6) is -0.433. The Morgan fingerprint density at radius 2 is 1.11 bits per heavy atom. The molecule has 0 atom stereocenters. The first-order valence-electron chi connectivity index (χ1n) is 6.03. The molecule has 0 unspecified atom stereocenters. The summed E-state index contributed by atoms with van der Waals surface area (Å²) in [6.45, 7) is 13.5. The third-order valence-corrected chi connectivity index (χ3v) is 3.49. The fourth-order valence-corrected chi connectivity index (χ4v) is 1.97. The van der Waals surface area contributed by atoms with Gasteiger partial charge in [0.05, 0.1) is 5.56 Å². The van der Waals surface area contributed by atoms with Crippen LogP contribution in [-0.4, -0.2) is 5.97 Å². The molecule has 18 heavy (non-hydrogen) atoms. The van der Waals surface area contributed by atoms with Crippen molar-refractivity contribution in [1.29, 1.82) is 0 Å². The van der Waals surface area contributed by atoms with E-state index in [0.717, 1.165) is 22.3 Å². The molecule has 0 N–H and O–H groups in total. The van der Waals surface area contributed by atoms with E-state index in [9.17, 15) is 4.79 Å². The molecule has 0 amide bonds. The Balaban J connectivity index is 3.21. The Morgan fingerprint density at radius 1 is 0.722 bits per heavy atom. The molecule has 0 aliphatic carbocycles. The minimum absolute atomic E-state index is 0.433. The van der Waals surface area contributed by atoms with Crippen LogP contribution >= 0.6 is 0 Å². The summed E-state index contributed by atoms with van der Waals surface area (Å²) in [5, 5.41) is 0. The van der Waals surface area contributed by atoms with Crippen molar-refractivity contribution >= 4 is 5.97 Å². The van der Waals surface area contributed by atoms with Crippen LogP contribution in [0.1, 0.15) is 52.0 Å². The van der Waals surface area contributed by atoms with Gasteiger partial charge in [0.2, 0.25) is 0 Å². The van der Waals surface area contributed by atoms with Crippen LogP contribution in [0.25, 0.3) is 0 Å². The maximum atomic E-state index is 12.0. The van der Waals surface area contributed by atoms with Crippen LogP contribution in [0.4, 0.5) is 0 Å². The maximum absolute atomic E-state index is 12.0. The molecule has 1 aromatic rings. The Hall–Kier alpha value is -1.35. The molecule has 0 spiro atoms. The molecule has 0 fully saturated rings. The summed E-state index contributed by atoms with van der Waals surface area (Å²) in [7, 11) is 0. The second-order valence-corrected chi connectivity index (χ2v) is 4.86. The fourth-order valence-electron chi connectivity index (χ4n) is 1.97. The quantitative estimate of drug-likeness (QED) is 0.602. The van der Waals surface area contributed by atoms with Crippen molar-refractivity contribution in [2.24, 2.45) is 0 Å². The van der Waals surface area contributed by atoms with Crippen molar-refractivity contribution in [3.05, 3.63) is 39.5 Å². The largest absolute Gasteiger partial charge is 0.373 e. The average Bonchev–Trinajstić information content (AvgIpc) is 2.31. The monoisotopic (exact) mass is 249 g/mol. The van der Waals surface area contributed by atoms with Crippen LogP contribution in [0.3, 0.4) is 0 Å². The highest BCUT2D eigenvalue weighted by Crippen LogP contribution is 2.26. The Labute approximate surface area is 109 Å². The molecule has 0 aliphatic rings. The van der Waals surface area contributed by atoms with Crippen molar-refractivity contribution in [1.82, 2.24) is 0 Å². The SMILES string of the molecule is C[C](C)OOC(=O)c1c(C)c(C)c(C)c(C)c1C. The Kier molecular flexibility index (Phi) is 4.52. The van der Waals surface area contributed by atoms with E-state index in [1.54, 1.807) is 13.8 Å². The number of carbonyl (C=O) groups is 1. The van der Waals surface area contributed by atoms with Gasteiger partial charge in [0.15, 0.2) is 0 Å². The molecule has 1 radical (unpaired) electrons. The minimum Gasteiger partial charge on any atom is -0.292 e. The number of rotatable bonds is 3. The maximum Gasteiger partial charge on any atom is 0.373 e. The van der Waals surface area contributed by atoms with Gasteiger partial charge in [0.25, 0.3) is 0 Å². The normalized spacial score (nSPS) is 10.9. The zero-order valence-electron chi connectivity index (χ0n) is 12.2. The lowest BCUT2D eigenvalue weighted by Gasteiger charge is -2.17. The van der Waals surface area contributed by atoms with Crippen molar-refractivity contribution in [3.63, 3.8) is 0 Å². The summed E-state index contributed by atoms with van der Waals surface area (Å²) < 4.78 is 0. The van der Waals surface area contributed by atoms with Crippen LogP contribution < -0.4 is 0 Å². The van der Waals surface area contributed by atoms with Crippen LogP contribution in [0.2, 0.25) is 0 Å². The minimum atomic E-state index is -0.433. The molecule has 0 heterocycles. The van der Waals surface area contributed by atoms with E-state index < -0.39 is 5.97 Å². The van der Waals surface area contributed by atoms with Gasteiger partial charge >= 0.3 is 5.97 Å². The van der Waals surface area contributed by atoms with Crippen molar-refractivity contribution in [3.8, 4) is 0 Å². The van der Waals surface area contributed by atoms with E-state index in [1.165, 1.54) is 5.56 Å². The highest BCUT2D eigenvalue weighted by Gasteiger charge is 2.20. The smallest absolute Gasteiger partial charge is 0.292 e. The molecule has 1 aromatic carbocycles. The fraction of sp³-hybridized carbons (Fsp3) is 0.467.